The average Bonchev–Trinajstić information content (AvgIpc) is 2.37. The number of nitrogens with zero attached hydrogens (tertiary/aromatic N) is 1. The predicted molar refractivity (Wildman–Crippen MR) is 82.5 cm³/mol. The smallest absolute Gasteiger partial charge is 0.0453 e. The molecule has 3 heteroatoms. The largest absolute Gasteiger partial charge is 0.324 e. The minimum atomic E-state index is 0.0548. The molecule has 106 valence electrons. The first-order chi connectivity index (χ1) is 9.27. The van der Waals surface area contributed by atoms with E-state index in [9.17, 15) is 0 Å². The Bertz CT molecular complexity index is 373. The summed E-state index contributed by atoms with van der Waals surface area (Å²) < 4.78 is 0. The van der Waals surface area contributed by atoms with Crippen molar-refractivity contribution in [2.24, 2.45) is 5.73 Å². The van der Waals surface area contributed by atoms with Crippen LogP contribution in [0.1, 0.15) is 50.1 Å². The summed E-state index contributed by atoms with van der Waals surface area (Å²) in [5, 5.41) is 0.794. The van der Waals surface area contributed by atoms with Crippen LogP contribution >= 0.6 is 11.6 Å². The molecule has 1 aromatic rings. The number of halogens is 1. The molecule has 19 heavy (non-hydrogen) atoms. The highest BCUT2D eigenvalue weighted by Gasteiger charge is 2.13. The van der Waals surface area contributed by atoms with Gasteiger partial charge in [-0.05, 0) is 50.5 Å². The highest BCUT2D eigenvalue weighted by Crippen LogP contribution is 2.23. The van der Waals surface area contributed by atoms with E-state index in [2.05, 4.69) is 4.90 Å². The lowest BCUT2D eigenvalue weighted by molar-refractivity contribution is 0.239. The van der Waals surface area contributed by atoms with Gasteiger partial charge in [-0.3, -0.25) is 0 Å². The summed E-state index contributed by atoms with van der Waals surface area (Å²) in [7, 11) is 0. The van der Waals surface area contributed by atoms with Crippen LogP contribution in [0.4, 0.5) is 0 Å². The first kappa shape index (κ1) is 14.8. The van der Waals surface area contributed by atoms with E-state index in [1.165, 1.54) is 45.2 Å². The summed E-state index contributed by atoms with van der Waals surface area (Å²) in [4.78, 5) is 2.57. The Labute approximate surface area is 121 Å². The molecular weight excluding hydrogens is 256 g/mol. The van der Waals surface area contributed by atoms with E-state index in [1.54, 1.807) is 0 Å². The maximum atomic E-state index is 6.27. The molecule has 0 radical (unpaired) electrons. The van der Waals surface area contributed by atoms with Gasteiger partial charge in [-0.2, -0.15) is 0 Å². The molecule has 0 saturated carbocycles. The molecule has 0 amide bonds. The quantitative estimate of drug-likeness (QED) is 0.903. The second kappa shape index (κ2) is 7.88. The number of hydrogen-bond donors (Lipinski definition) is 1. The minimum absolute atomic E-state index is 0.0548. The van der Waals surface area contributed by atoms with Crippen LogP contribution in [0.2, 0.25) is 5.02 Å². The molecule has 2 rings (SSSR count). The van der Waals surface area contributed by atoms with E-state index in [4.69, 9.17) is 17.3 Å². The first-order valence-electron chi connectivity index (χ1n) is 7.50. The van der Waals surface area contributed by atoms with Crippen LogP contribution < -0.4 is 5.73 Å². The number of hydrogen-bond acceptors (Lipinski definition) is 2. The van der Waals surface area contributed by atoms with Gasteiger partial charge in [0.15, 0.2) is 0 Å². The standard InChI is InChI=1S/C16H25ClN2/c17-15-9-5-4-8-14(15)16(18)10-13-19-11-6-2-1-3-7-12-19/h4-5,8-9,16H,1-3,6-7,10-13,18H2. The SMILES string of the molecule is NC(CCN1CCCCCCC1)c1ccccc1Cl. The van der Waals surface area contributed by atoms with Crippen LogP contribution in [0.25, 0.3) is 0 Å². The van der Waals surface area contributed by atoms with E-state index in [0.29, 0.717) is 0 Å². The van der Waals surface area contributed by atoms with Gasteiger partial charge in [0.2, 0.25) is 0 Å². The van der Waals surface area contributed by atoms with Crippen molar-refractivity contribution < 1.29 is 0 Å². The fourth-order valence-electron chi connectivity index (χ4n) is 2.79. The Morgan fingerprint density at radius 1 is 1.05 bits per heavy atom. The molecule has 2 N–H and O–H groups in total. The first-order valence-corrected chi connectivity index (χ1v) is 7.87. The van der Waals surface area contributed by atoms with Gasteiger partial charge in [-0.25, -0.2) is 0 Å². The molecule has 1 atom stereocenters. The van der Waals surface area contributed by atoms with E-state index in [-0.39, 0.29) is 6.04 Å². The number of nitrogens with two attached hydrogens (primary N) is 1. The second-order valence-electron chi connectivity index (χ2n) is 5.53. The third-order valence-corrected chi connectivity index (χ3v) is 4.35. The van der Waals surface area contributed by atoms with Crippen molar-refractivity contribution in [2.75, 3.05) is 19.6 Å². The number of likely N-dealkylation sites (tertiary alicyclic amines) is 1. The predicted octanol–water partition coefficient (Wildman–Crippen LogP) is 4.00. The van der Waals surface area contributed by atoms with Crippen LogP contribution in [0.3, 0.4) is 0 Å². The summed E-state index contributed by atoms with van der Waals surface area (Å²) in [6.45, 7) is 3.55. The molecule has 0 aromatic heterocycles. The Kier molecular flexibility index (Phi) is 6.15. The van der Waals surface area contributed by atoms with Crippen molar-refractivity contribution >= 4 is 11.6 Å². The number of benzene rings is 1. The average molecular weight is 281 g/mol. The third kappa shape index (κ3) is 4.79. The Morgan fingerprint density at radius 2 is 1.68 bits per heavy atom. The van der Waals surface area contributed by atoms with Gasteiger partial charge in [0, 0.05) is 11.1 Å². The van der Waals surface area contributed by atoms with Gasteiger partial charge in [0.05, 0.1) is 0 Å². The summed E-state index contributed by atoms with van der Waals surface area (Å²) in [6, 6.07) is 7.99. The highest BCUT2D eigenvalue weighted by molar-refractivity contribution is 6.31. The van der Waals surface area contributed by atoms with Crippen LogP contribution in [-0.2, 0) is 0 Å². The highest BCUT2D eigenvalue weighted by atomic mass is 35.5. The van der Waals surface area contributed by atoms with Crippen LogP contribution in [0.5, 0.6) is 0 Å². The van der Waals surface area contributed by atoms with Crippen molar-refractivity contribution in [3.05, 3.63) is 34.9 Å². The zero-order valence-corrected chi connectivity index (χ0v) is 12.4. The van der Waals surface area contributed by atoms with E-state index >= 15 is 0 Å². The van der Waals surface area contributed by atoms with Crippen molar-refractivity contribution in [3.63, 3.8) is 0 Å². The number of rotatable bonds is 4. The fourth-order valence-corrected chi connectivity index (χ4v) is 3.07. The van der Waals surface area contributed by atoms with Gasteiger partial charge >= 0.3 is 0 Å². The van der Waals surface area contributed by atoms with E-state index < -0.39 is 0 Å². The maximum Gasteiger partial charge on any atom is 0.0453 e. The molecule has 1 fully saturated rings. The maximum absolute atomic E-state index is 6.27. The summed E-state index contributed by atoms with van der Waals surface area (Å²) in [6.07, 6.45) is 7.83. The van der Waals surface area contributed by atoms with Crippen LogP contribution in [0.15, 0.2) is 24.3 Å². The molecule has 1 saturated heterocycles. The second-order valence-corrected chi connectivity index (χ2v) is 5.93. The topological polar surface area (TPSA) is 29.3 Å². The lowest BCUT2D eigenvalue weighted by Gasteiger charge is -2.26. The van der Waals surface area contributed by atoms with Gasteiger partial charge in [0.1, 0.15) is 0 Å². The molecule has 2 nitrogen and oxygen atoms in total. The molecule has 0 aliphatic carbocycles. The van der Waals surface area contributed by atoms with Crippen LogP contribution in [-0.4, -0.2) is 24.5 Å². The molecule has 1 aromatic carbocycles. The molecule has 1 unspecified atom stereocenters. The molecule has 1 heterocycles. The Morgan fingerprint density at radius 3 is 2.37 bits per heavy atom. The van der Waals surface area contributed by atoms with Crippen molar-refractivity contribution in [2.45, 2.75) is 44.6 Å². The van der Waals surface area contributed by atoms with Crippen LogP contribution in [0, 0.1) is 0 Å². The third-order valence-electron chi connectivity index (χ3n) is 4.01. The molecule has 1 aliphatic rings. The zero-order chi connectivity index (χ0) is 13.5. The Hall–Kier alpha value is -0.570. The van der Waals surface area contributed by atoms with Gasteiger partial charge < -0.3 is 10.6 Å². The molecule has 0 spiro atoms. The van der Waals surface area contributed by atoms with Crippen molar-refractivity contribution in [1.82, 2.24) is 4.90 Å². The fraction of sp³-hybridized carbons (Fsp3) is 0.625. The minimum Gasteiger partial charge on any atom is -0.324 e. The van der Waals surface area contributed by atoms with Gasteiger partial charge in [-0.1, -0.05) is 49.1 Å². The summed E-state index contributed by atoms with van der Waals surface area (Å²) >= 11 is 6.19. The van der Waals surface area contributed by atoms with Gasteiger partial charge in [-0.15, -0.1) is 0 Å². The lowest BCUT2D eigenvalue weighted by atomic mass is 10.0. The molecule has 1 aliphatic heterocycles. The monoisotopic (exact) mass is 280 g/mol. The lowest BCUT2D eigenvalue weighted by Crippen LogP contribution is -2.30. The summed E-state index contributed by atoms with van der Waals surface area (Å²) in [5.41, 5.74) is 7.35. The molecular formula is C16H25ClN2. The van der Waals surface area contributed by atoms with Gasteiger partial charge in [0.25, 0.3) is 0 Å². The van der Waals surface area contributed by atoms with E-state index in [0.717, 1.165) is 23.6 Å². The zero-order valence-electron chi connectivity index (χ0n) is 11.7. The normalized spacial score (nSPS) is 19.7. The van der Waals surface area contributed by atoms with Crippen molar-refractivity contribution in [3.8, 4) is 0 Å². The van der Waals surface area contributed by atoms with Crippen molar-refractivity contribution in [1.29, 1.82) is 0 Å². The van der Waals surface area contributed by atoms with E-state index in [1.807, 2.05) is 24.3 Å². The molecule has 0 bridgehead atoms. The Balaban J connectivity index is 1.82. The summed E-state index contributed by atoms with van der Waals surface area (Å²) in [5.74, 6) is 0.